The molecule has 116 valence electrons. The van der Waals surface area contributed by atoms with E-state index in [4.69, 9.17) is 10.2 Å². The highest BCUT2D eigenvalue weighted by Gasteiger charge is 2.30. The molecule has 0 spiro atoms. The van der Waals surface area contributed by atoms with Crippen LogP contribution < -0.4 is 0 Å². The van der Waals surface area contributed by atoms with Crippen LogP contribution >= 0.6 is 0 Å². The number of aliphatic carboxylic acids is 2. The van der Waals surface area contributed by atoms with Crippen LogP contribution in [0.4, 0.5) is 17.6 Å². The third-order valence-electron chi connectivity index (χ3n) is 2.67. The largest absolute Gasteiger partial charge is 0.481 e. The van der Waals surface area contributed by atoms with Crippen LogP contribution in [-0.4, -0.2) is 22.2 Å². The van der Waals surface area contributed by atoms with Gasteiger partial charge in [-0.25, -0.2) is 9.18 Å². The Balaban J connectivity index is 0.000000304. The van der Waals surface area contributed by atoms with Crippen molar-refractivity contribution in [3.63, 3.8) is 0 Å². The molecule has 0 aliphatic heterocycles. The Morgan fingerprint density at radius 1 is 1.10 bits per heavy atom. The molecular formula is C13H12F4O4. The van der Waals surface area contributed by atoms with Crippen LogP contribution in [-0.2, 0) is 15.8 Å². The fourth-order valence-corrected chi connectivity index (χ4v) is 1.31. The molecule has 0 bridgehead atoms. The minimum atomic E-state index is -4.51. The first kappa shape index (κ1) is 16.9. The topological polar surface area (TPSA) is 74.6 Å². The summed E-state index contributed by atoms with van der Waals surface area (Å²) in [6.07, 6.45) is -5.01. The number of carbonyl (C=O) groups is 2. The molecule has 1 fully saturated rings. The summed E-state index contributed by atoms with van der Waals surface area (Å²) in [7, 11) is 0. The number of hydrogen-bond acceptors (Lipinski definition) is 2. The SMILES string of the molecule is O=C(O)C(F)c1ccc(C(F)(F)F)cc1.O=C(O)C1CC1. The second-order valence-corrected chi connectivity index (χ2v) is 4.43. The van der Waals surface area contributed by atoms with Crippen molar-refractivity contribution in [2.75, 3.05) is 0 Å². The lowest BCUT2D eigenvalue weighted by Gasteiger charge is -2.08. The van der Waals surface area contributed by atoms with Gasteiger partial charge in [-0.3, -0.25) is 4.79 Å². The van der Waals surface area contributed by atoms with E-state index >= 15 is 0 Å². The highest BCUT2D eigenvalue weighted by molar-refractivity contribution is 5.74. The Morgan fingerprint density at radius 3 is 1.81 bits per heavy atom. The van der Waals surface area contributed by atoms with Crippen molar-refractivity contribution in [3.8, 4) is 0 Å². The quantitative estimate of drug-likeness (QED) is 0.840. The summed E-state index contributed by atoms with van der Waals surface area (Å²) in [5.41, 5.74) is -1.25. The van der Waals surface area contributed by atoms with E-state index in [0.717, 1.165) is 25.0 Å². The molecule has 1 atom stereocenters. The molecule has 1 aliphatic rings. The van der Waals surface area contributed by atoms with Gasteiger partial charge < -0.3 is 10.2 Å². The van der Waals surface area contributed by atoms with Crippen molar-refractivity contribution in [1.29, 1.82) is 0 Å². The van der Waals surface area contributed by atoms with Gasteiger partial charge in [-0.05, 0) is 30.5 Å². The van der Waals surface area contributed by atoms with Gasteiger partial charge in [-0.15, -0.1) is 0 Å². The summed E-state index contributed by atoms with van der Waals surface area (Å²) >= 11 is 0. The van der Waals surface area contributed by atoms with Gasteiger partial charge in [0, 0.05) is 0 Å². The Labute approximate surface area is 117 Å². The van der Waals surface area contributed by atoms with Gasteiger partial charge in [0.1, 0.15) is 0 Å². The summed E-state index contributed by atoms with van der Waals surface area (Å²) in [5.74, 6) is -2.34. The zero-order valence-corrected chi connectivity index (χ0v) is 10.6. The van der Waals surface area contributed by atoms with Gasteiger partial charge in [0.2, 0.25) is 6.17 Å². The molecule has 21 heavy (non-hydrogen) atoms. The lowest BCUT2D eigenvalue weighted by Crippen LogP contribution is -2.08. The lowest BCUT2D eigenvalue weighted by molar-refractivity contribution is -0.143. The Bertz CT molecular complexity index is 506. The van der Waals surface area contributed by atoms with E-state index in [2.05, 4.69) is 0 Å². The minimum Gasteiger partial charge on any atom is -0.481 e. The van der Waals surface area contributed by atoms with Gasteiger partial charge in [0.25, 0.3) is 0 Å². The fourth-order valence-electron chi connectivity index (χ4n) is 1.31. The van der Waals surface area contributed by atoms with Crippen molar-refractivity contribution >= 4 is 11.9 Å². The average molecular weight is 308 g/mol. The number of benzene rings is 1. The monoisotopic (exact) mass is 308 g/mol. The molecule has 0 heterocycles. The zero-order chi connectivity index (χ0) is 16.2. The normalized spacial score (nSPS) is 15.6. The lowest BCUT2D eigenvalue weighted by atomic mass is 10.1. The fraction of sp³-hybridized carbons (Fsp3) is 0.385. The zero-order valence-electron chi connectivity index (χ0n) is 10.6. The molecule has 1 unspecified atom stereocenters. The Morgan fingerprint density at radius 2 is 1.57 bits per heavy atom. The van der Waals surface area contributed by atoms with Gasteiger partial charge in [0.15, 0.2) is 0 Å². The standard InChI is InChI=1S/C9H6F4O2.C4H6O2/c10-7(8(14)15)5-1-3-6(4-2-5)9(11,12)13;5-4(6)3-1-2-3/h1-4,7H,(H,14,15);3H,1-2H2,(H,5,6). The third kappa shape index (κ3) is 5.41. The molecule has 1 saturated carbocycles. The Kier molecular flexibility index (Phi) is 5.28. The van der Waals surface area contributed by atoms with Crippen LogP contribution in [0.5, 0.6) is 0 Å². The molecule has 0 aromatic heterocycles. The summed E-state index contributed by atoms with van der Waals surface area (Å²) < 4.78 is 49.0. The number of halogens is 4. The second kappa shape index (κ2) is 6.55. The molecular weight excluding hydrogens is 296 g/mol. The second-order valence-electron chi connectivity index (χ2n) is 4.43. The van der Waals surface area contributed by atoms with E-state index in [9.17, 15) is 27.2 Å². The van der Waals surface area contributed by atoms with Crippen molar-refractivity contribution in [1.82, 2.24) is 0 Å². The number of rotatable bonds is 3. The van der Waals surface area contributed by atoms with E-state index in [1.165, 1.54) is 0 Å². The van der Waals surface area contributed by atoms with Crippen LogP contribution in [0, 0.1) is 5.92 Å². The molecule has 4 nitrogen and oxygen atoms in total. The van der Waals surface area contributed by atoms with Crippen molar-refractivity contribution in [3.05, 3.63) is 35.4 Å². The van der Waals surface area contributed by atoms with E-state index < -0.39 is 29.9 Å². The number of hydrogen-bond donors (Lipinski definition) is 2. The van der Waals surface area contributed by atoms with E-state index in [0.29, 0.717) is 12.1 Å². The molecule has 8 heteroatoms. The predicted octanol–water partition coefficient (Wildman–Crippen LogP) is 3.28. The molecule has 0 amide bonds. The van der Waals surface area contributed by atoms with E-state index in [1.807, 2.05) is 0 Å². The number of carboxylic acids is 2. The van der Waals surface area contributed by atoms with E-state index in [1.54, 1.807) is 0 Å². The van der Waals surface area contributed by atoms with Crippen molar-refractivity contribution in [2.45, 2.75) is 25.2 Å². The van der Waals surface area contributed by atoms with Crippen LogP contribution in [0.1, 0.15) is 30.1 Å². The maximum absolute atomic E-state index is 12.8. The van der Waals surface area contributed by atoms with Gasteiger partial charge in [0.05, 0.1) is 11.5 Å². The molecule has 1 aromatic rings. The van der Waals surface area contributed by atoms with Crippen LogP contribution in [0.25, 0.3) is 0 Å². The number of alkyl halides is 4. The van der Waals surface area contributed by atoms with Crippen LogP contribution in [0.2, 0.25) is 0 Å². The molecule has 2 rings (SSSR count). The van der Waals surface area contributed by atoms with Gasteiger partial charge >= 0.3 is 18.1 Å². The van der Waals surface area contributed by atoms with Gasteiger partial charge in [-0.2, -0.15) is 13.2 Å². The maximum Gasteiger partial charge on any atom is 0.416 e. The van der Waals surface area contributed by atoms with Gasteiger partial charge in [-0.1, -0.05) is 12.1 Å². The first-order valence-electron chi connectivity index (χ1n) is 5.89. The average Bonchev–Trinajstić information content (AvgIpc) is 3.22. The first-order chi connectivity index (χ1) is 9.62. The molecule has 2 N–H and O–H groups in total. The Hall–Kier alpha value is -2.12. The molecule has 1 aromatic carbocycles. The minimum absolute atomic E-state index is 0.0185. The van der Waals surface area contributed by atoms with E-state index in [-0.39, 0.29) is 11.5 Å². The molecule has 0 radical (unpaired) electrons. The maximum atomic E-state index is 12.8. The molecule has 0 saturated heterocycles. The summed E-state index contributed by atoms with van der Waals surface area (Å²) in [6, 6.07) is 2.90. The summed E-state index contributed by atoms with van der Waals surface area (Å²) in [6.45, 7) is 0. The van der Waals surface area contributed by atoms with Crippen molar-refractivity contribution < 1.29 is 37.4 Å². The summed E-state index contributed by atoms with van der Waals surface area (Å²) in [4.78, 5) is 19.9. The predicted molar refractivity (Wildman–Crippen MR) is 63.3 cm³/mol. The highest BCUT2D eigenvalue weighted by Crippen LogP contribution is 2.30. The number of carboxylic acid groups (broad SMARTS) is 2. The third-order valence-corrected chi connectivity index (χ3v) is 2.67. The first-order valence-corrected chi connectivity index (χ1v) is 5.89. The van der Waals surface area contributed by atoms with Crippen molar-refractivity contribution in [2.24, 2.45) is 5.92 Å². The highest BCUT2D eigenvalue weighted by atomic mass is 19.4. The summed E-state index contributed by atoms with van der Waals surface area (Å²) in [5, 5.41) is 16.3. The van der Waals surface area contributed by atoms with Crippen LogP contribution in [0.15, 0.2) is 24.3 Å². The smallest absolute Gasteiger partial charge is 0.416 e. The van der Waals surface area contributed by atoms with Crippen LogP contribution in [0.3, 0.4) is 0 Å². The molecule has 1 aliphatic carbocycles.